The molecule has 1 atom stereocenters. The van der Waals surface area contributed by atoms with E-state index in [2.05, 4.69) is 205 Å². The molecule has 4 heteroatoms. The van der Waals surface area contributed by atoms with E-state index in [1.165, 1.54) is 112 Å². The lowest BCUT2D eigenvalue weighted by Crippen LogP contribution is -2.00. The van der Waals surface area contributed by atoms with Gasteiger partial charge in [0.2, 0.25) is 0 Å². The highest BCUT2D eigenvalue weighted by Gasteiger charge is 2.23. The van der Waals surface area contributed by atoms with Gasteiger partial charge in [0, 0.05) is 41.2 Å². The van der Waals surface area contributed by atoms with Gasteiger partial charge in [0.15, 0.2) is 5.65 Å². The lowest BCUT2D eigenvalue weighted by Gasteiger charge is -2.18. The van der Waals surface area contributed by atoms with E-state index in [1.54, 1.807) is 0 Å². The second-order valence-corrected chi connectivity index (χ2v) is 19.5. The molecule has 4 aromatic heterocycles. The fraction of sp³-hybridized carbons (Fsp3) is 0.0500. The third-order valence-corrected chi connectivity index (χ3v) is 16.3. The van der Waals surface area contributed by atoms with Crippen LogP contribution in [0.3, 0.4) is 0 Å². The molecule has 64 heavy (non-hydrogen) atoms. The van der Waals surface area contributed by atoms with Crippen LogP contribution >= 0.6 is 22.7 Å². The monoisotopic (exact) mass is 850 g/mol. The molecule has 0 N–H and O–H groups in total. The average molecular weight is 851 g/mol. The number of nitrogens with zero attached hydrogens (tertiary/aromatic N) is 2. The summed E-state index contributed by atoms with van der Waals surface area (Å²) in [6, 6.07) is 67.7. The molecule has 14 rings (SSSR count). The summed E-state index contributed by atoms with van der Waals surface area (Å²) >= 11 is 3.76. The summed E-state index contributed by atoms with van der Waals surface area (Å²) in [7, 11) is 0. The lowest BCUT2D eigenvalue weighted by molar-refractivity contribution is 0.773. The van der Waals surface area contributed by atoms with E-state index >= 15 is 0 Å². The van der Waals surface area contributed by atoms with Crippen molar-refractivity contribution < 1.29 is 0 Å². The van der Waals surface area contributed by atoms with Gasteiger partial charge in [-0.05, 0) is 96.6 Å². The fourth-order valence-electron chi connectivity index (χ4n) is 10.7. The topological polar surface area (TPSA) is 17.3 Å². The third-order valence-electron chi connectivity index (χ3n) is 13.9. The Labute approximate surface area is 377 Å². The number of aromatic nitrogens is 2. The van der Waals surface area contributed by atoms with Crippen LogP contribution in [0.2, 0.25) is 0 Å². The number of imidazole rings is 1. The van der Waals surface area contributed by atoms with Gasteiger partial charge in [-0.25, -0.2) is 4.98 Å². The van der Waals surface area contributed by atoms with Gasteiger partial charge < -0.3 is 0 Å². The van der Waals surface area contributed by atoms with Crippen molar-refractivity contribution in [2.75, 3.05) is 0 Å². The number of hydrogen-bond acceptors (Lipinski definition) is 3. The maximum Gasteiger partial charge on any atom is 0.156 e. The van der Waals surface area contributed by atoms with Crippen molar-refractivity contribution in [2.45, 2.75) is 19.3 Å². The zero-order valence-electron chi connectivity index (χ0n) is 35.0. The van der Waals surface area contributed by atoms with Crippen LogP contribution in [-0.2, 0) is 0 Å². The summed E-state index contributed by atoms with van der Waals surface area (Å²) < 4.78 is 7.66. The Morgan fingerprint density at radius 1 is 0.484 bits per heavy atom. The van der Waals surface area contributed by atoms with Gasteiger partial charge in [-0.3, -0.25) is 4.40 Å². The smallest absolute Gasteiger partial charge is 0.156 e. The molecule has 0 radical (unpaired) electrons. The first-order valence-electron chi connectivity index (χ1n) is 22.2. The number of benzene rings is 9. The Morgan fingerprint density at radius 2 is 1.12 bits per heavy atom. The largest absolute Gasteiger partial charge is 0.291 e. The first-order valence-corrected chi connectivity index (χ1v) is 23.8. The summed E-state index contributed by atoms with van der Waals surface area (Å²) in [6.45, 7) is 2.33. The highest BCUT2D eigenvalue weighted by Crippen LogP contribution is 2.46. The number of rotatable bonds is 4. The molecule has 0 amide bonds. The van der Waals surface area contributed by atoms with Crippen LogP contribution in [0.25, 0.3) is 129 Å². The summed E-state index contributed by atoms with van der Waals surface area (Å²) in [6.07, 6.45) is 5.68. The van der Waals surface area contributed by atoms with Crippen molar-refractivity contribution in [1.82, 2.24) is 9.38 Å². The molecular weight excluding hydrogens is 813 g/mol. The number of pyridine rings is 1. The number of hydrogen-bond donors (Lipinski definition) is 0. The van der Waals surface area contributed by atoms with Crippen molar-refractivity contribution in [3.8, 4) is 44.6 Å². The molecule has 1 unspecified atom stereocenters. The summed E-state index contributed by atoms with van der Waals surface area (Å²) in [5.41, 5.74) is 15.7. The van der Waals surface area contributed by atoms with Crippen LogP contribution in [0.15, 0.2) is 188 Å². The molecule has 1 aliphatic carbocycles. The van der Waals surface area contributed by atoms with E-state index in [0.29, 0.717) is 5.92 Å². The van der Waals surface area contributed by atoms with Crippen LogP contribution < -0.4 is 0 Å². The Hall–Kier alpha value is -7.37. The second kappa shape index (κ2) is 13.8. The molecule has 0 spiro atoms. The Morgan fingerprint density at radius 3 is 1.89 bits per heavy atom. The Bertz CT molecular complexity index is 4110. The summed E-state index contributed by atoms with van der Waals surface area (Å²) in [5, 5.41) is 10.3. The molecule has 0 saturated carbocycles. The van der Waals surface area contributed by atoms with Crippen molar-refractivity contribution in [3.63, 3.8) is 0 Å². The van der Waals surface area contributed by atoms with Crippen molar-refractivity contribution in [2.24, 2.45) is 0 Å². The first kappa shape index (κ1) is 36.1. The van der Waals surface area contributed by atoms with Gasteiger partial charge in [0.05, 0.1) is 21.4 Å². The standard InChI is InChI=1S/C60H38N2S2/c1-35-10-8-17-49-41(35)32-33-53-56(49)61-60-59-52(51-29-28-36-11-2-3-12-44(36)58(51)64-59)34-54(62(53)60)40-26-24-38(25-27-40)43-31-30-42(46-13-4-5-14-47(43)46)37-20-22-39(23-21-37)45-16-9-18-50-48-15-6-7-19-55(48)63-57(45)50/h2-9,11-35H,10H2,1H3. The lowest BCUT2D eigenvalue weighted by atomic mass is 9.88. The molecule has 2 nitrogen and oxygen atoms in total. The zero-order valence-corrected chi connectivity index (χ0v) is 36.6. The molecular formula is C60H38N2S2. The number of fused-ring (bicyclic) bond motifs is 15. The third kappa shape index (κ3) is 5.27. The molecule has 1 aliphatic rings. The second-order valence-electron chi connectivity index (χ2n) is 17.4. The summed E-state index contributed by atoms with van der Waals surface area (Å²) in [5.74, 6) is 0.474. The highest BCUT2D eigenvalue weighted by atomic mass is 32.1. The average Bonchev–Trinajstić information content (AvgIpc) is 4.06. The van der Waals surface area contributed by atoms with Crippen LogP contribution in [0, 0.1) is 0 Å². The Balaban J connectivity index is 0.886. The quantitative estimate of drug-likeness (QED) is 0.172. The van der Waals surface area contributed by atoms with Crippen molar-refractivity contribution >= 4 is 107 Å². The van der Waals surface area contributed by atoms with Gasteiger partial charge in [-0.2, -0.15) is 0 Å². The predicted molar refractivity (Wildman–Crippen MR) is 277 cm³/mol. The molecule has 9 aromatic carbocycles. The molecule has 4 heterocycles. The van der Waals surface area contributed by atoms with Gasteiger partial charge >= 0.3 is 0 Å². The van der Waals surface area contributed by atoms with Gasteiger partial charge in [0.25, 0.3) is 0 Å². The number of thiophene rings is 2. The predicted octanol–water partition coefficient (Wildman–Crippen LogP) is 17.7. The minimum absolute atomic E-state index is 0.474. The normalized spacial score (nSPS) is 14.0. The minimum Gasteiger partial charge on any atom is -0.291 e. The van der Waals surface area contributed by atoms with Crippen LogP contribution in [0.1, 0.15) is 30.4 Å². The number of allylic oxidation sites excluding steroid dienone is 1. The van der Waals surface area contributed by atoms with Gasteiger partial charge in [0.1, 0.15) is 0 Å². The maximum absolute atomic E-state index is 5.55. The van der Waals surface area contributed by atoms with E-state index in [-0.39, 0.29) is 0 Å². The minimum atomic E-state index is 0.474. The maximum atomic E-state index is 5.55. The fourth-order valence-corrected chi connectivity index (χ4v) is 13.2. The highest BCUT2D eigenvalue weighted by molar-refractivity contribution is 7.27. The van der Waals surface area contributed by atoms with Crippen LogP contribution in [0.5, 0.6) is 0 Å². The molecule has 0 aliphatic heterocycles. The molecule has 0 fully saturated rings. The molecule has 13 aromatic rings. The van der Waals surface area contributed by atoms with E-state index in [1.807, 2.05) is 22.7 Å². The SMILES string of the molecule is CC1CC=Cc2c1ccc1c2nc2c3sc4c5ccccc5ccc4c3cc(-c3ccc(-c4ccc(-c5ccc(-c6cccc7c6sc6ccccc67)cc5)c5ccccc45)cc3)n12. The van der Waals surface area contributed by atoms with Crippen molar-refractivity contribution in [3.05, 3.63) is 199 Å². The molecule has 0 saturated heterocycles. The van der Waals surface area contributed by atoms with E-state index in [0.717, 1.165) is 28.8 Å². The van der Waals surface area contributed by atoms with E-state index in [9.17, 15) is 0 Å². The van der Waals surface area contributed by atoms with Crippen LogP contribution in [0.4, 0.5) is 0 Å². The first-order chi connectivity index (χ1) is 31.6. The van der Waals surface area contributed by atoms with Crippen LogP contribution in [-0.4, -0.2) is 9.38 Å². The summed E-state index contributed by atoms with van der Waals surface area (Å²) in [4.78, 5) is 5.55. The molecule has 0 bridgehead atoms. The van der Waals surface area contributed by atoms with E-state index < -0.39 is 0 Å². The molecule has 300 valence electrons. The van der Waals surface area contributed by atoms with Gasteiger partial charge in [-0.15, -0.1) is 22.7 Å². The zero-order chi connectivity index (χ0) is 42.0. The van der Waals surface area contributed by atoms with Crippen molar-refractivity contribution in [1.29, 1.82) is 0 Å². The van der Waals surface area contributed by atoms with Gasteiger partial charge in [-0.1, -0.05) is 183 Å². The van der Waals surface area contributed by atoms with E-state index in [4.69, 9.17) is 4.98 Å². The Kier molecular flexibility index (Phi) is 7.80.